The summed E-state index contributed by atoms with van der Waals surface area (Å²) < 4.78 is 4.23. The SMILES string of the molecule is CC(O)(O)OCC(O)C(OO)C(=O)O. The van der Waals surface area contributed by atoms with Crippen LogP contribution in [0.15, 0.2) is 0 Å². The zero-order chi connectivity index (χ0) is 11.4. The van der Waals surface area contributed by atoms with Crippen molar-refractivity contribution in [3.63, 3.8) is 0 Å². The zero-order valence-electron chi connectivity index (χ0n) is 7.32. The summed E-state index contributed by atoms with van der Waals surface area (Å²) in [6, 6.07) is 0. The fourth-order valence-electron chi connectivity index (χ4n) is 0.611. The van der Waals surface area contributed by atoms with E-state index in [4.69, 9.17) is 25.7 Å². The standard InChI is InChI=1S/C6H12O8/c1-6(10,11)13-2-3(7)4(14-12)5(8)9/h3-4,7,10-12H,2H2,1H3,(H,8,9). The van der Waals surface area contributed by atoms with E-state index in [1.165, 1.54) is 0 Å². The van der Waals surface area contributed by atoms with Gasteiger partial charge in [0, 0.05) is 6.92 Å². The highest BCUT2D eigenvalue weighted by molar-refractivity contribution is 5.72. The van der Waals surface area contributed by atoms with Gasteiger partial charge in [0.15, 0.2) is 0 Å². The van der Waals surface area contributed by atoms with E-state index in [9.17, 15) is 4.79 Å². The van der Waals surface area contributed by atoms with Crippen molar-refractivity contribution in [2.75, 3.05) is 6.61 Å². The van der Waals surface area contributed by atoms with Crippen LogP contribution in [0, 0.1) is 0 Å². The predicted molar refractivity (Wildman–Crippen MR) is 39.9 cm³/mol. The number of carboxylic acid groups (broad SMARTS) is 1. The number of carboxylic acids is 1. The molecule has 5 N–H and O–H groups in total. The average molecular weight is 212 g/mol. The third-order valence-electron chi connectivity index (χ3n) is 1.23. The van der Waals surface area contributed by atoms with Gasteiger partial charge >= 0.3 is 5.97 Å². The molecule has 0 aliphatic heterocycles. The molecule has 2 unspecified atom stereocenters. The molecule has 14 heavy (non-hydrogen) atoms. The number of ether oxygens (including phenoxy) is 1. The fourth-order valence-corrected chi connectivity index (χ4v) is 0.611. The van der Waals surface area contributed by atoms with E-state index in [-0.39, 0.29) is 0 Å². The Labute approximate surface area is 78.9 Å². The molecule has 0 aromatic heterocycles. The molecular weight excluding hydrogens is 200 g/mol. The van der Waals surface area contributed by atoms with E-state index >= 15 is 0 Å². The average Bonchev–Trinajstić information content (AvgIpc) is 2.00. The Morgan fingerprint density at radius 3 is 2.29 bits per heavy atom. The normalized spacial score (nSPS) is 16.4. The van der Waals surface area contributed by atoms with E-state index in [0.29, 0.717) is 0 Å². The van der Waals surface area contributed by atoms with Crippen LogP contribution in [0.1, 0.15) is 6.92 Å². The molecule has 0 saturated heterocycles. The van der Waals surface area contributed by atoms with Crippen LogP contribution in [0.25, 0.3) is 0 Å². The second kappa shape index (κ2) is 5.20. The highest BCUT2D eigenvalue weighted by Crippen LogP contribution is 2.05. The van der Waals surface area contributed by atoms with Crippen molar-refractivity contribution in [1.29, 1.82) is 0 Å². The van der Waals surface area contributed by atoms with Crippen molar-refractivity contribution in [1.82, 2.24) is 0 Å². The van der Waals surface area contributed by atoms with Crippen LogP contribution in [0.5, 0.6) is 0 Å². The third kappa shape index (κ3) is 5.07. The molecule has 0 amide bonds. The van der Waals surface area contributed by atoms with Gasteiger partial charge in [-0.3, -0.25) is 5.26 Å². The number of carbonyl (C=O) groups is 1. The van der Waals surface area contributed by atoms with E-state index in [0.717, 1.165) is 6.92 Å². The molecule has 0 spiro atoms. The first-order valence-corrected chi connectivity index (χ1v) is 3.57. The van der Waals surface area contributed by atoms with Gasteiger partial charge in [0.1, 0.15) is 6.10 Å². The Bertz CT molecular complexity index is 185. The van der Waals surface area contributed by atoms with E-state index < -0.39 is 30.8 Å². The Balaban J connectivity index is 4.05. The van der Waals surface area contributed by atoms with Gasteiger partial charge in [-0.05, 0) is 0 Å². The van der Waals surface area contributed by atoms with Crippen LogP contribution >= 0.6 is 0 Å². The van der Waals surface area contributed by atoms with Gasteiger partial charge < -0.3 is 25.2 Å². The zero-order valence-corrected chi connectivity index (χ0v) is 7.32. The summed E-state index contributed by atoms with van der Waals surface area (Å²) in [6.07, 6.45) is -3.63. The quantitative estimate of drug-likeness (QED) is 0.193. The first-order valence-electron chi connectivity index (χ1n) is 3.57. The molecule has 84 valence electrons. The number of aliphatic hydroxyl groups excluding tert-OH is 1. The Hall–Kier alpha value is -0.770. The van der Waals surface area contributed by atoms with Crippen LogP contribution in [0.2, 0.25) is 0 Å². The largest absolute Gasteiger partial charge is 0.479 e. The molecule has 2 atom stereocenters. The Morgan fingerprint density at radius 1 is 1.50 bits per heavy atom. The van der Waals surface area contributed by atoms with Gasteiger partial charge in [-0.1, -0.05) is 0 Å². The topological polar surface area (TPSA) is 137 Å². The van der Waals surface area contributed by atoms with Crippen LogP contribution in [0.3, 0.4) is 0 Å². The smallest absolute Gasteiger partial charge is 0.339 e. The lowest BCUT2D eigenvalue weighted by atomic mass is 10.2. The van der Waals surface area contributed by atoms with Crippen LogP contribution in [-0.4, -0.2) is 56.4 Å². The maximum atomic E-state index is 10.3. The molecule has 8 heteroatoms. The van der Waals surface area contributed by atoms with Crippen molar-refractivity contribution < 1.29 is 40.1 Å². The van der Waals surface area contributed by atoms with Crippen LogP contribution in [-0.2, 0) is 14.4 Å². The lowest BCUT2D eigenvalue weighted by molar-refractivity contribution is -0.343. The summed E-state index contributed by atoms with van der Waals surface area (Å²) in [5.74, 6) is -4.10. The van der Waals surface area contributed by atoms with Crippen LogP contribution < -0.4 is 0 Å². The van der Waals surface area contributed by atoms with Gasteiger partial charge in [-0.25, -0.2) is 9.68 Å². The molecule has 0 aromatic rings. The Morgan fingerprint density at radius 2 is 2.00 bits per heavy atom. The molecule has 0 rings (SSSR count). The van der Waals surface area contributed by atoms with Gasteiger partial charge in [0.2, 0.25) is 6.10 Å². The molecule has 0 radical (unpaired) electrons. The second-order valence-electron chi connectivity index (χ2n) is 2.68. The Kier molecular flexibility index (Phi) is 4.91. The number of hydrogen-bond acceptors (Lipinski definition) is 7. The summed E-state index contributed by atoms with van der Waals surface area (Å²) in [4.78, 5) is 13.7. The summed E-state index contributed by atoms with van der Waals surface area (Å²) >= 11 is 0. The first kappa shape index (κ1) is 13.2. The monoisotopic (exact) mass is 212 g/mol. The first-order chi connectivity index (χ1) is 6.28. The third-order valence-corrected chi connectivity index (χ3v) is 1.23. The highest BCUT2D eigenvalue weighted by atomic mass is 17.1. The molecule has 0 aliphatic carbocycles. The molecule has 0 saturated carbocycles. The molecular formula is C6H12O8. The molecule has 0 aromatic carbocycles. The molecule has 8 nitrogen and oxygen atoms in total. The number of rotatable bonds is 6. The van der Waals surface area contributed by atoms with Gasteiger partial charge in [-0.2, -0.15) is 0 Å². The lowest BCUT2D eigenvalue weighted by Gasteiger charge is -2.21. The number of aliphatic carboxylic acids is 1. The molecule has 0 heterocycles. The van der Waals surface area contributed by atoms with Crippen molar-refractivity contribution in [2.24, 2.45) is 0 Å². The highest BCUT2D eigenvalue weighted by Gasteiger charge is 2.30. The summed E-state index contributed by atoms with van der Waals surface area (Å²) in [5.41, 5.74) is 0. The lowest BCUT2D eigenvalue weighted by Crippen LogP contribution is -2.41. The number of aliphatic hydroxyl groups is 3. The number of hydrogen-bond donors (Lipinski definition) is 5. The van der Waals surface area contributed by atoms with Gasteiger partial charge in [0.05, 0.1) is 6.61 Å². The minimum Gasteiger partial charge on any atom is -0.479 e. The van der Waals surface area contributed by atoms with E-state index in [1.807, 2.05) is 0 Å². The molecule has 0 bridgehead atoms. The van der Waals surface area contributed by atoms with E-state index in [1.54, 1.807) is 0 Å². The van der Waals surface area contributed by atoms with Gasteiger partial charge in [-0.15, -0.1) is 0 Å². The van der Waals surface area contributed by atoms with Crippen molar-refractivity contribution >= 4 is 5.97 Å². The fraction of sp³-hybridized carbons (Fsp3) is 0.833. The molecule has 0 fully saturated rings. The summed E-state index contributed by atoms with van der Waals surface area (Å²) in [5, 5.41) is 42.7. The van der Waals surface area contributed by atoms with Crippen molar-refractivity contribution in [3.05, 3.63) is 0 Å². The predicted octanol–water partition coefficient (Wildman–Crippen LogP) is -2.03. The van der Waals surface area contributed by atoms with Crippen molar-refractivity contribution in [2.45, 2.75) is 25.1 Å². The van der Waals surface area contributed by atoms with E-state index in [2.05, 4.69) is 9.62 Å². The van der Waals surface area contributed by atoms with Crippen LogP contribution in [0.4, 0.5) is 0 Å². The van der Waals surface area contributed by atoms with Crippen molar-refractivity contribution in [3.8, 4) is 0 Å². The summed E-state index contributed by atoms with van der Waals surface area (Å²) in [6.45, 7) is 0.149. The second-order valence-corrected chi connectivity index (χ2v) is 2.68. The maximum absolute atomic E-state index is 10.3. The minimum atomic E-state index is -2.49. The summed E-state index contributed by atoms with van der Waals surface area (Å²) in [7, 11) is 0. The molecule has 0 aliphatic rings. The van der Waals surface area contributed by atoms with Gasteiger partial charge in [0.25, 0.3) is 5.97 Å². The minimum absolute atomic E-state index is 0.721. The maximum Gasteiger partial charge on any atom is 0.339 e.